The van der Waals surface area contributed by atoms with Crippen LogP contribution in [0, 0.1) is 0 Å². The monoisotopic (exact) mass is 323 g/mol. The Morgan fingerprint density at radius 2 is 2.24 bits per heavy atom. The quantitative estimate of drug-likeness (QED) is 0.870. The third-order valence-corrected chi connectivity index (χ3v) is 5.76. The number of piperidine rings is 1. The van der Waals surface area contributed by atoms with E-state index >= 15 is 0 Å². The minimum atomic E-state index is -3.12. The molecular weight excluding hydrogens is 306 g/mol. The molecule has 1 aliphatic heterocycles. The number of thiazole rings is 1. The van der Waals surface area contributed by atoms with Crippen molar-refractivity contribution in [2.24, 2.45) is 0 Å². The van der Waals surface area contributed by atoms with Crippen molar-refractivity contribution in [3.63, 3.8) is 0 Å². The molecule has 0 amide bonds. The first-order valence-corrected chi connectivity index (χ1v) is 9.59. The average molecular weight is 323 g/mol. The molecule has 0 spiro atoms. The van der Waals surface area contributed by atoms with E-state index in [1.54, 1.807) is 21.8 Å². The Kier molecular flexibility index (Phi) is 4.05. The lowest BCUT2D eigenvalue weighted by atomic mass is 9.95. The van der Waals surface area contributed by atoms with Crippen molar-refractivity contribution < 1.29 is 8.42 Å². The van der Waals surface area contributed by atoms with E-state index in [9.17, 15) is 8.42 Å². The number of sulfonamides is 1. The second-order valence-corrected chi connectivity index (χ2v) is 8.12. The van der Waals surface area contributed by atoms with Crippen molar-refractivity contribution in [3.05, 3.63) is 35.5 Å². The minimum Gasteiger partial charge on any atom is -0.250 e. The van der Waals surface area contributed by atoms with Gasteiger partial charge in [0.15, 0.2) is 0 Å². The summed E-state index contributed by atoms with van der Waals surface area (Å²) in [5, 5.41) is 2.82. The standard InChI is InChI=1S/C14H17N3O2S2/c1-21(18,19)17-8-3-4-11(10-17)12-5-2-6-13(16-12)14-15-7-9-20-14/h2,5-7,9,11H,3-4,8,10H2,1H3/t11-/m1/s1. The Morgan fingerprint density at radius 3 is 2.95 bits per heavy atom. The van der Waals surface area contributed by atoms with Crippen LogP contribution in [-0.2, 0) is 10.0 Å². The maximum absolute atomic E-state index is 11.7. The number of aromatic nitrogens is 2. The Balaban J connectivity index is 1.85. The SMILES string of the molecule is CS(=O)(=O)N1CCC[C@@H](c2cccc(-c3nccs3)n2)C1. The Bertz CT molecular complexity index is 714. The molecule has 2 aromatic heterocycles. The first kappa shape index (κ1) is 14.6. The average Bonchev–Trinajstić information content (AvgIpc) is 3.01. The molecule has 3 rings (SSSR count). The second kappa shape index (κ2) is 5.82. The van der Waals surface area contributed by atoms with Crippen LogP contribution in [0.15, 0.2) is 29.8 Å². The minimum absolute atomic E-state index is 0.161. The molecule has 0 saturated carbocycles. The fourth-order valence-corrected chi connectivity index (χ4v) is 4.15. The van der Waals surface area contributed by atoms with Gasteiger partial charge in [-0.05, 0) is 25.0 Å². The summed E-state index contributed by atoms with van der Waals surface area (Å²) in [4.78, 5) is 8.96. The second-order valence-electron chi connectivity index (χ2n) is 5.25. The molecule has 112 valence electrons. The molecule has 1 aliphatic rings. The van der Waals surface area contributed by atoms with Gasteiger partial charge in [0.2, 0.25) is 10.0 Å². The molecule has 21 heavy (non-hydrogen) atoms. The van der Waals surface area contributed by atoms with E-state index in [2.05, 4.69) is 9.97 Å². The normalized spacial score (nSPS) is 20.5. The lowest BCUT2D eigenvalue weighted by Gasteiger charge is -2.30. The van der Waals surface area contributed by atoms with Crippen molar-refractivity contribution in [2.45, 2.75) is 18.8 Å². The molecule has 0 unspecified atom stereocenters. The molecular formula is C14H17N3O2S2. The van der Waals surface area contributed by atoms with E-state index in [0.29, 0.717) is 13.1 Å². The Morgan fingerprint density at radius 1 is 1.38 bits per heavy atom. The van der Waals surface area contributed by atoms with Crippen molar-refractivity contribution in [1.82, 2.24) is 14.3 Å². The summed E-state index contributed by atoms with van der Waals surface area (Å²) < 4.78 is 25.0. The first-order valence-electron chi connectivity index (χ1n) is 6.86. The maximum Gasteiger partial charge on any atom is 0.211 e. The zero-order chi connectivity index (χ0) is 14.9. The van der Waals surface area contributed by atoms with E-state index in [1.807, 2.05) is 23.6 Å². The molecule has 0 radical (unpaired) electrons. The lowest BCUT2D eigenvalue weighted by Crippen LogP contribution is -2.38. The van der Waals surface area contributed by atoms with Crippen LogP contribution in [0.25, 0.3) is 10.7 Å². The van der Waals surface area contributed by atoms with Crippen LogP contribution < -0.4 is 0 Å². The van der Waals surface area contributed by atoms with Crippen LogP contribution in [0.3, 0.4) is 0 Å². The van der Waals surface area contributed by atoms with Gasteiger partial charge in [0, 0.05) is 36.3 Å². The van der Waals surface area contributed by atoms with Crippen molar-refractivity contribution >= 4 is 21.4 Å². The van der Waals surface area contributed by atoms with Crippen LogP contribution in [-0.4, -0.2) is 42.0 Å². The zero-order valence-electron chi connectivity index (χ0n) is 11.8. The van der Waals surface area contributed by atoms with Gasteiger partial charge in [-0.25, -0.2) is 22.7 Å². The number of hydrogen-bond acceptors (Lipinski definition) is 5. The van der Waals surface area contributed by atoms with Gasteiger partial charge in [-0.1, -0.05) is 6.07 Å². The summed E-state index contributed by atoms with van der Waals surface area (Å²) in [6.45, 7) is 1.13. The predicted molar refractivity (Wildman–Crippen MR) is 83.7 cm³/mol. The van der Waals surface area contributed by atoms with Gasteiger partial charge in [0.05, 0.1) is 11.9 Å². The summed E-state index contributed by atoms with van der Waals surface area (Å²) in [6.07, 6.45) is 4.89. The fraction of sp³-hybridized carbons (Fsp3) is 0.429. The van der Waals surface area contributed by atoms with Gasteiger partial charge in [-0.3, -0.25) is 0 Å². The van der Waals surface area contributed by atoms with Crippen molar-refractivity contribution in [3.8, 4) is 10.7 Å². The van der Waals surface area contributed by atoms with E-state index < -0.39 is 10.0 Å². The molecule has 0 bridgehead atoms. The molecule has 2 aromatic rings. The van der Waals surface area contributed by atoms with E-state index in [4.69, 9.17) is 0 Å². The molecule has 5 nitrogen and oxygen atoms in total. The highest BCUT2D eigenvalue weighted by atomic mass is 32.2. The van der Waals surface area contributed by atoms with E-state index in [0.717, 1.165) is 29.2 Å². The third kappa shape index (κ3) is 3.30. The van der Waals surface area contributed by atoms with E-state index in [1.165, 1.54) is 6.26 Å². The van der Waals surface area contributed by atoms with Crippen LogP contribution >= 0.6 is 11.3 Å². The molecule has 7 heteroatoms. The maximum atomic E-state index is 11.7. The van der Waals surface area contributed by atoms with Gasteiger partial charge in [-0.2, -0.15) is 0 Å². The molecule has 0 aromatic carbocycles. The summed E-state index contributed by atoms with van der Waals surface area (Å²) in [6, 6.07) is 5.89. The summed E-state index contributed by atoms with van der Waals surface area (Å²) in [5.41, 5.74) is 1.81. The summed E-state index contributed by atoms with van der Waals surface area (Å²) in [7, 11) is -3.12. The van der Waals surface area contributed by atoms with Crippen LogP contribution in [0.1, 0.15) is 24.5 Å². The van der Waals surface area contributed by atoms with Gasteiger partial charge < -0.3 is 0 Å². The molecule has 1 saturated heterocycles. The van der Waals surface area contributed by atoms with Crippen molar-refractivity contribution in [1.29, 1.82) is 0 Å². The van der Waals surface area contributed by atoms with Gasteiger partial charge >= 0.3 is 0 Å². The molecule has 1 fully saturated rings. The molecule has 1 atom stereocenters. The van der Waals surface area contributed by atoms with Crippen LogP contribution in [0.4, 0.5) is 0 Å². The largest absolute Gasteiger partial charge is 0.250 e. The Hall–Kier alpha value is -1.31. The van der Waals surface area contributed by atoms with Gasteiger partial charge in [-0.15, -0.1) is 11.3 Å². The predicted octanol–water partition coefficient (Wildman–Crippen LogP) is 2.34. The lowest BCUT2D eigenvalue weighted by molar-refractivity contribution is 0.314. The van der Waals surface area contributed by atoms with Crippen LogP contribution in [0.5, 0.6) is 0 Å². The third-order valence-electron chi connectivity index (χ3n) is 3.69. The fourth-order valence-electron chi connectivity index (χ4n) is 2.63. The number of pyridine rings is 1. The van der Waals surface area contributed by atoms with Crippen molar-refractivity contribution in [2.75, 3.05) is 19.3 Å². The molecule has 0 N–H and O–H groups in total. The highest BCUT2D eigenvalue weighted by Gasteiger charge is 2.27. The topological polar surface area (TPSA) is 63.2 Å². The Labute approximate surface area is 128 Å². The van der Waals surface area contributed by atoms with Gasteiger partial charge in [0.25, 0.3) is 0 Å². The summed E-state index contributed by atoms with van der Waals surface area (Å²) in [5.74, 6) is 0.161. The first-order chi connectivity index (χ1) is 10.0. The zero-order valence-corrected chi connectivity index (χ0v) is 13.4. The number of nitrogens with zero attached hydrogens (tertiary/aromatic N) is 3. The summed E-state index contributed by atoms with van der Waals surface area (Å²) >= 11 is 1.56. The van der Waals surface area contributed by atoms with E-state index in [-0.39, 0.29) is 5.92 Å². The number of hydrogen-bond donors (Lipinski definition) is 0. The smallest absolute Gasteiger partial charge is 0.211 e. The molecule has 3 heterocycles. The number of rotatable bonds is 3. The molecule has 0 aliphatic carbocycles. The highest BCUT2D eigenvalue weighted by molar-refractivity contribution is 7.88. The van der Waals surface area contributed by atoms with Gasteiger partial charge in [0.1, 0.15) is 5.01 Å². The highest BCUT2D eigenvalue weighted by Crippen LogP contribution is 2.29. The van der Waals surface area contributed by atoms with Crippen LogP contribution in [0.2, 0.25) is 0 Å².